The summed E-state index contributed by atoms with van der Waals surface area (Å²) in [6.45, 7) is 11.3. The van der Waals surface area contributed by atoms with Crippen molar-refractivity contribution in [1.29, 1.82) is 0 Å². The van der Waals surface area contributed by atoms with E-state index >= 15 is 0 Å². The SMILES string of the molecule is C=C(CCCC)C1CN(C)CC1C. The van der Waals surface area contributed by atoms with Crippen molar-refractivity contribution in [2.45, 2.75) is 33.1 Å². The molecule has 1 aliphatic heterocycles. The summed E-state index contributed by atoms with van der Waals surface area (Å²) in [5.41, 5.74) is 1.48. The molecule has 13 heavy (non-hydrogen) atoms. The van der Waals surface area contributed by atoms with Crippen molar-refractivity contribution in [3.8, 4) is 0 Å². The molecule has 0 aromatic carbocycles. The summed E-state index contributed by atoms with van der Waals surface area (Å²) >= 11 is 0. The third-order valence-electron chi connectivity index (χ3n) is 3.17. The van der Waals surface area contributed by atoms with Gasteiger partial charge in [0.15, 0.2) is 0 Å². The van der Waals surface area contributed by atoms with E-state index in [1.54, 1.807) is 0 Å². The quantitative estimate of drug-likeness (QED) is 0.603. The van der Waals surface area contributed by atoms with Crippen LogP contribution >= 0.6 is 0 Å². The van der Waals surface area contributed by atoms with Crippen LogP contribution in [0.25, 0.3) is 0 Å². The Bertz CT molecular complexity index is 174. The van der Waals surface area contributed by atoms with E-state index in [1.807, 2.05) is 0 Å². The van der Waals surface area contributed by atoms with Gasteiger partial charge in [-0.3, -0.25) is 0 Å². The second-order valence-corrected chi connectivity index (χ2v) is 4.57. The molecule has 0 N–H and O–H groups in total. The van der Waals surface area contributed by atoms with Crippen LogP contribution < -0.4 is 0 Å². The summed E-state index contributed by atoms with van der Waals surface area (Å²) in [7, 11) is 2.21. The second kappa shape index (κ2) is 4.80. The van der Waals surface area contributed by atoms with Crippen molar-refractivity contribution in [2.24, 2.45) is 11.8 Å². The lowest BCUT2D eigenvalue weighted by Gasteiger charge is -2.17. The van der Waals surface area contributed by atoms with Crippen LogP contribution in [-0.4, -0.2) is 25.0 Å². The Morgan fingerprint density at radius 3 is 2.62 bits per heavy atom. The molecule has 2 atom stereocenters. The van der Waals surface area contributed by atoms with Crippen molar-refractivity contribution in [2.75, 3.05) is 20.1 Å². The summed E-state index contributed by atoms with van der Waals surface area (Å²) in [5, 5.41) is 0. The lowest BCUT2D eigenvalue weighted by Crippen LogP contribution is -2.14. The smallest absolute Gasteiger partial charge is 0.00470 e. The Labute approximate surface area is 82.8 Å². The maximum Gasteiger partial charge on any atom is 0.00470 e. The first-order valence-electron chi connectivity index (χ1n) is 5.51. The van der Waals surface area contributed by atoms with Gasteiger partial charge in [0.2, 0.25) is 0 Å². The average Bonchev–Trinajstić information content (AvgIpc) is 2.41. The van der Waals surface area contributed by atoms with Crippen molar-refractivity contribution in [1.82, 2.24) is 4.90 Å². The molecule has 0 amide bonds. The summed E-state index contributed by atoms with van der Waals surface area (Å²) in [6.07, 6.45) is 3.83. The Morgan fingerprint density at radius 1 is 1.46 bits per heavy atom. The minimum Gasteiger partial charge on any atom is -0.305 e. The Hall–Kier alpha value is -0.300. The van der Waals surface area contributed by atoms with E-state index < -0.39 is 0 Å². The van der Waals surface area contributed by atoms with Gasteiger partial charge in [0, 0.05) is 13.1 Å². The minimum atomic E-state index is 0.761. The van der Waals surface area contributed by atoms with E-state index in [-0.39, 0.29) is 0 Å². The molecule has 1 heterocycles. The van der Waals surface area contributed by atoms with E-state index in [9.17, 15) is 0 Å². The topological polar surface area (TPSA) is 3.24 Å². The number of nitrogens with zero attached hydrogens (tertiary/aromatic N) is 1. The third-order valence-corrected chi connectivity index (χ3v) is 3.17. The van der Waals surface area contributed by atoms with Gasteiger partial charge in [0.05, 0.1) is 0 Å². The van der Waals surface area contributed by atoms with Gasteiger partial charge in [-0.15, -0.1) is 0 Å². The number of unbranched alkanes of at least 4 members (excludes halogenated alkanes) is 1. The molecule has 1 fully saturated rings. The normalized spacial score (nSPS) is 29.5. The molecule has 0 aliphatic carbocycles. The van der Waals surface area contributed by atoms with Crippen LogP contribution in [0.15, 0.2) is 12.2 Å². The van der Waals surface area contributed by atoms with Crippen LogP contribution in [0.3, 0.4) is 0 Å². The predicted molar refractivity (Wildman–Crippen MR) is 58.8 cm³/mol. The molecule has 0 radical (unpaired) electrons. The molecule has 1 rings (SSSR count). The van der Waals surface area contributed by atoms with E-state index in [0.29, 0.717) is 0 Å². The molecular formula is C12H23N. The van der Waals surface area contributed by atoms with Crippen molar-refractivity contribution in [3.63, 3.8) is 0 Å². The van der Waals surface area contributed by atoms with Gasteiger partial charge in [-0.25, -0.2) is 0 Å². The standard InChI is InChI=1S/C12H23N/c1-5-6-7-10(2)12-9-13(4)8-11(12)3/h11-12H,2,5-9H2,1,3-4H3. The van der Waals surface area contributed by atoms with E-state index in [1.165, 1.54) is 37.9 Å². The molecule has 0 spiro atoms. The first-order chi connectivity index (χ1) is 6.15. The van der Waals surface area contributed by atoms with Crippen LogP contribution in [0.4, 0.5) is 0 Å². The van der Waals surface area contributed by atoms with Crippen LogP contribution in [-0.2, 0) is 0 Å². The summed E-state index contributed by atoms with van der Waals surface area (Å²) in [6, 6.07) is 0. The zero-order chi connectivity index (χ0) is 9.84. The van der Waals surface area contributed by atoms with E-state index in [4.69, 9.17) is 0 Å². The van der Waals surface area contributed by atoms with Crippen molar-refractivity contribution < 1.29 is 0 Å². The predicted octanol–water partition coefficient (Wildman–Crippen LogP) is 2.93. The zero-order valence-electron chi connectivity index (χ0n) is 9.34. The monoisotopic (exact) mass is 181 g/mol. The maximum atomic E-state index is 4.23. The minimum absolute atomic E-state index is 0.761. The highest BCUT2D eigenvalue weighted by Crippen LogP contribution is 2.29. The molecule has 1 aliphatic rings. The van der Waals surface area contributed by atoms with Crippen molar-refractivity contribution >= 4 is 0 Å². The number of hydrogen-bond acceptors (Lipinski definition) is 1. The summed E-state index contributed by atoms with van der Waals surface area (Å²) in [4.78, 5) is 2.42. The lowest BCUT2D eigenvalue weighted by molar-refractivity contribution is 0.398. The molecule has 0 aromatic rings. The Balaban J connectivity index is 2.38. The summed E-state index contributed by atoms with van der Waals surface area (Å²) < 4.78 is 0. The van der Waals surface area contributed by atoms with Crippen LogP contribution in [0.2, 0.25) is 0 Å². The van der Waals surface area contributed by atoms with E-state index in [2.05, 4.69) is 32.4 Å². The van der Waals surface area contributed by atoms with Crippen molar-refractivity contribution in [3.05, 3.63) is 12.2 Å². The molecule has 2 unspecified atom stereocenters. The molecule has 0 aromatic heterocycles. The molecule has 1 nitrogen and oxygen atoms in total. The molecule has 76 valence electrons. The van der Waals surface area contributed by atoms with Gasteiger partial charge in [-0.05, 0) is 31.7 Å². The highest BCUT2D eigenvalue weighted by molar-refractivity contribution is 5.06. The van der Waals surface area contributed by atoms with Gasteiger partial charge in [0.1, 0.15) is 0 Å². The second-order valence-electron chi connectivity index (χ2n) is 4.57. The number of rotatable bonds is 4. The first-order valence-corrected chi connectivity index (χ1v) is 5.51. The fraction of sp³-hybridized carbons (Fsp3) is 0.833. The van der Waals surface area contributed by atoms with Gasteiger partial charge < -0.3 is 4.90 Å². The van der Waals surface area contributed by atoms with Crippen LogP contribution in [0.5, 0.6) is 0 Å². The zero-order valence-corrected chi connectivity index (χ0v) is 9.34. The molecule has 1 saturated heterocycles. The highest BCUT2D eigenvalue weighted by Gasteiger charge is 2.28. The average molecular weight is 181 g/mol. The molecular weight excluding hydrogens is 158 g/mol. The van der Waals surface area contributed by atoms with Crippen LogP contribution in [0.1, 0.15) is 33.1 Å². The Morgan fingerprint density at radius 2 is 2.15 bits per heavy atom. The number of hydrogen-bond donors (Lipinski definition) is 0. The Kier molecular flexibility index (Phi) is 3.98. The van der Waals surface area contributed by atoms with Crippen LogP contribution in [0, 0.1) is 11.8 Å². The highest BCUT2D eigenvalue weighted by atomic mass is 15.1. The molecule has 1 heteroatoms. The molecule has 0 saturated carbocycles. The van der Waals surface area contributed by atoms with E-state index in [0.717, 1.165) is 11.8 Å². The van der Waals surface area contributed by atoms with Gasteiger partial charge in [-0.1, -0.05) is 32.4 Å². The molecule has 0 bridgehead atoms. The third kappa shape index (κ3) is 2.84. The maximum absolute atomic E-state index is 4.23. The largest absolute Gasteiger partial charge is 0.305 e. The fourth-order valence-electron chi connectivity index (χ4n) is 2.33. The fourth-order valence-corrected chi connectivity index (χ4v) is 2.33. The first kappa shape index (κ1) is 10.8. The number of likely N-dealkylation sites (tertiary alicyclic amines) is 1. The summed E-state index contributed by atoms with van der Waals surface area (Å²) in [5.74, 6) is 1.57. The van der Waals surface area contributed by atoms with Gasteiger partial charge >= 0.3 is 0 Å². The van der Waals surface area contributed by atoms with Gasteiger partial charge in [0.25, 0.3) is 0 Å². The van der Waals surface area contributed by atoms with Gasteiger partial charge in [-0.2, -0.15) is 0 Å². The lowest BCUT2D eigenvalue weighted by atomic mass is 9.88.